The molecule has 4 nitrogen and oxygen atoms in total. The standard InChI is InChI=1S/C8H15NO3S2/c1-3-8(10)9-6-4-14(11,12)5-7(6)13-2/h6-7H,3-5H2,1-2H3,(H,9,10)/t6-,7-/m1/s1. The van der Waals surface area contributed by atoms with E-state index in [1.165, 1.54) is 11.8 Å². The van der Waals surface area contributed by atoms with Crippen LogP contribution in [0.5, 0.6) is 0 Å². The summed E-state index contributed by atoms with van der Waals surface area (Å²) in [6.45, 7) is 1.76. The van der Waals surface area contributed by atoms with E-state index < -0.39 is 9.84 Å². The van der Waals surface area contributed by atoms with Crippen LogP contribution in [0.3, 0.4) is 0 Å². The van der Waals surface area contributed by atoms with Gasteiger partial charge < -0.3 is 5.32 Å². The van der Waals surface area contributed by atoms with Crippen LogP contribution in [0.15, 0.2) is 0 Å². The summed E-state index contributed by atoms with van der Waals surface area (Å²) in [6.07, 6.45) is 2.27. The molecule has 1 N–H and O–H groups in total. The second-order valence-electron chi connectivity index (χ2n) is 3.38. The molecule has 0 saturated carbocycles. The molecule has 0 radical (unpaired) electrons. The normalized spacial score (nSPS) is 30.1. The van der Waals surface area contributed by atoms with E-state index in [-0.39, 0.29) is 28.7 Å². The maximum absolute atomic E-state index is 11.3. The number of carbonyl (C=O) groups excluding carboxylic acids is 1. The lowest BCUT2D eigenvalue weighted by molar-refractivity contribution is -0.121. The Bertz CT molecular complexity index is 313. The van der Waals surface area contributed by atoms with E-state index in [1.54, 1.807) is 6.92 Å². The number of amides is 1. The van der Waals surface area contributed by atoms with Crippen LogP contribution >= 0.6 is 11.8 Å². The fourth-order valence-corrected chi connectivity index (χ4v) is 5.00. The van der Waals surface area contributed by atoms with Crippen molar-refractivity contribution in [1.29, 1.82) is 0 Å². The molecule has 2 atom stereocenters. The largest absolute Gasteiger partial charge is 0.351 e. The minimum absolute atomic E-state index is 0.00972. The van der Waals surface area contributed by atoms with Gasteiger partial charge in [0.15, 0.2) is 9.84 Å². The number of carbonyl (C=O) groups is 1. The van der Waals surface area contributed by atoms with Crippen molar-refractivity contribution in [2.45, 2.75) is 24.6 Å². The molecule has 0 spiro atoms. The van der Waals surface area contributed by atoms with Gasteiger partial charge in [0.2, 0.25) is 5.91 Å². The Morgan fingerprint density at radius 1 is 1.50 bits per heavy atom. The molecule has 6 heteroatoms. The highest BCUT2D eigenvalue weighted by Gasteiger charge is 2.37. The number of hydrogen-bond donors (Lipinski definition) is 1. The summed E-state index contributed by atoms with van der Waals surface area (Å²) in [7, 11) is -2.95. The van der Waals surface area contributed by atoms with Crippen molar-refractivity contribution in [2.75, 3.05) is 17.8 Å². The monoisotopic (exact) mass is 237 g/mol. The van der Waals surface area contributed by atoms with Crippen LogP contribution in [0.2, 0.25) is 0 Å². The summed E-state index contributed by atoms with van der Waals surface area (Å²) in [4.78, 5) is 11.1. The Balaban J connectivity index is 2.64. The summed E-state index contributed by atoms with van der Waals surface area (Å²) in [5.41, 5.74) is 0. The molecule has 1 aliphatic rings. The first kappa shape index (κ1) is 11.8. The van der Waals surface area contributed by atoms with Gasteiger partial charge in [0.1, 0.15) is 0 Å². The molecule has 1 heterocycles. The third-order valence-electron chi connectivity index (χ3n) is 2.27. The molecule has 0 unspecified atom stereocenters. The van der Waals surface area contributed by atoms with Gasteiger partial charge >= 0.3 is 0 Å². The van der Waals surface area contributed by atoms with Gasteiger partial charge in [-0.3, -0.25) is 4.79 Å². The van der Waals surface area contributed by atoms with Gasteiger partial charge in [-0.15, -0.1) is 0 Å². The molecule has 1 aliphatic heterocycles. The molecule has 1 rings (SSSR count). The van der Waals surface area contributed by atoms with Crippen molar-refractivity contribution >= 4 is 27.5 Å². The summed E-state index contributed by atoms with van der Waals surface area (Å²) < 4.78 is 22.6. The minimum Gasteiger partial charge on any atom is -0.351 e. The van der Waals surface area contributed by atoms with Crippen molar-refractivity contribution in [3.05, 3.63) is 0 Å². The summed E-state index contributed by atoms with van der Waals surface area (Å²) in [6, 6.07) is -0.206. The van der Waals surface area contributed by atoms with Crippen LogP contribution in [0.25, 0.3) is 0 Å². The smallest absolute Gasteiger partial charge is 0.219 e. The van der Waals surface area contributed by atoms with E-state index in [0.29, 0.717) is 6.42 Å². The lowest BCUT2D eigenvalue weighted by Gasteiger charge is -2.16. The highest BCUT2D eigenvalue weighted by atomic mass is 32.2. The van der Waals surface area contributed by atoms with E-state index in [9.17, 15) is 13.2 Å². The second-order valence-corrected chi connectivity index (χ2v) is 6.61. The molecule has 82 valence electrons. The van der Waals surface area contributed by atoms with Crippen molar-refractivity contribution in [3.8, 4) is 0 Å². The molecular weight excluding hydrogens is 222 g/mol. The van der Waals surface area contributed by atoms with Gasteiger partial charge in [0.25, 0.3) is 0 Å². The van der Waals surface area contributed by atoms with Crippen LogP contribution < -0.4 is 5.32 Å². The third kappa shape index (κ3) is 2.88. The zero-order valence-electron chi connectivity index (χ0n) is 8.32. The van der Waals surface area contributed by atoms with Crippen LogP contribution in [-0.4, -0.2) is 43.4 Å². The average Bonchev–Trinajstić information content (AvgIpc) is 2.40. The molecule has 0 aromatic rings. The Morgan fingerprint density at radius 3 is 2.64 bits per heavy atom. The summed E-state index contributed by atoms with van der Waals surface area (Å²) in [5.74, 6) is 0.193. The zero-order chi connectivity index (χ0) is 10.8. The van der Waals surface area contributed by atoms with Crippen molar-refractivity contribution < 1.29 is 13.2 Å². The number of hydrogen-bond acceptors (Lipinski definition) is 4. The van der Waals surface area contributed by atoms with Crippen molar-refractivity contribution in [1.82, 2.24) is 5.32 Å². The van der Waals surface area contributed by atoms with Crippen LogP contribution in [-0.2, 0) is 14.6 Å². The molecule has 0 aromatic heterocycles. The summed E-state index contributed by atoms with van der Waals surface area (Å²) in [5, 5.41) is 2.76. The topological polar surface area (TPSA) is 63.2 Å². The third-order valence-corrected chi connectivity index (χ3v) is 5.32. The Hall–Kier alpha value is -0.230. The molecule has 1 amide bonds. The Kier molecular flexibility index (Phi) is 3.83. The first-order valence-corrected chi connectivity index (χ1v) is 7.62. The zero-order valence-corrected chi connectivity index (χ0v) is 9.95. The van der Waals surface area contributed by atoms with Crippen molar-refractivity contribution in [3.63, 3.8) is 0 Å². The molecular formula is C8H15NO3S2. The first-order chi connectivity index (χ1) is 6.48. The van der Waals surface area contributed by atoms with Gasteiger partial charge in [-0.25, -0.2) is 8.42 Å². The molecule has 0 aromatic carbocycles. The SMILES string of the molecule is CCC(=O)N[C@@H]1CS(=O)(=O)C[C@H]1SC. The predicted octanol–water partition coefficient (Wildman–Crippen LogP) is 0.0412. The van der Waals surface area contributed by atoms with E-state index >= 15 is 0 Å². The van der Waals surface area contributed by atoms with Gasteiger partial charge in [0, 0.05) is 11.7 Å². The van der Waals surface area contributed by atoms with E-state index in [4.69, 9.17) is 0 Å². The highest BCUT2D eigenvalue weighted by molar-refractivity contribution is 8.01. The van der Waals surface area contributed by atoms with Crippen LogP contribution in [0, 0.1) is 0 Å². The van der Waals surface area contributed by atoms with E-state index in [0.717, 1.165) is 0 Å². The molecule has 0 aliphatic carbocycles. The number of sulfone groups is 1. The highest BCUT2D eigenvalue weighted by Crippen LogP contribution is 2.22. The molecule has 14 heavy (non-hydrogen) atoms. The second kappa shape index (κ2) is 4.53. The molecule has 0 bridgehead atoms. The Morgan fingerprint density at radius 2 is 2.14 bits per heavy atom. The van der Waals surface area contributed by atoms with Crippen LogP contribution in [0.1, 0.15) is 13.3 Å². The first-order valence-electron chi connectivity index (χ1n) is 4.51. The van der Waals surface area contributed by atoms with Gasteiger partial charge in [-0.1, -0.05) is 6.92 Å². The minimum atomic E-state index is -2.95. The lowest BCUT2D eigenvalue weighted by atomic mass is 10.2. The molecule has 1 fully saturated rings. The van der Waals surface area contributed by atoms with Gasteiger partial charge in [-0.2, -0.15) is 11.8 Å². The lowest BCUT2D eigenvalue weighted by Crippen LogP contribution is -2.41. The Labute approximate surface area is 88.7 Å². The fourth-order valence-electron chi connectivity index (χ4n) is 1.49. The number of thioether (sulfide) groups is 1. The number of rotatable bonds is 3. The number of nitrogens with one attached hydrogen (secondary N) is 1. The predicted molar refractivity (Wildman–Crippen MR) is 58.2 cm³/mol. The fraction of sp³-hybridized carbons (Fsp3) is 0.875. The average molecular weight is 237 g/mol. The maximum atomic E-state index is 11.3. The van der Waals surface area contributed by atoms with E-state index in [1.807, 2.05) is 6.26 Å². The van der Waals surface area contributed by atoms with Gasteiger partial charge in [0.05, 0.1) is 17.5 Å². The van der Waals surface area contributed by atoms with Gasteiger partial charge in [-0.05, 0) is 6.26 Å². The van der Waals surface area contributed by atoms with E-state index in [2.05, 4.69) is 5.32 Å². The van der Waals surface area contributed by atoms with Crippen LogP contribution in [0.4, 0.5) is 0 Å². The quantitative estimate of drug-likeness (QED) is 0.753. The van der Waals surface area contributed by atoms with Crippen molar-refractivity contribution in [2.24, 2.45) is 0 Å². The summed E-state index contributed by atoms with van der Waals surface area (Å²) >= 11 is 1.50. The molecule has 1 saturated heterocycles. The maximum Gasteiger partial charge on any atom is 0.219 e.